The third-order valence-corrected chi connectivity index (χ3v) is 3.37. The molecule has 0 aromatic heterocycles. The van der Waals surface area contributed by atoms with Crippen LogP contribution in [-0.4, -0.2) is 12.4 Å². The Labute approximate surface area is 105 Å². The first kappa shape index (κ1) is 13.4. The predicted octanol–water partition coefficient (Wildman–Crippen LogP) is 3.76. The van der Waals surface area contributed by atoms with Crippen molar-refractivity contribution in [3.05, 3.63) is 29.3 Å². The first-order chi connectivity index (χ1) is 7.71. The van der Waals surface area contributed by atoms with E-state index in [2.05, 4.69) is 44.7 Å². The van der Waals surface area contributed by atoms with E-state index < -0.39 is 0 Å². The summed E-state index contributed by atoms with van der Waals surface area (Å²) in [6.07, 6.45) is 2.18. The van der Waals surface area contributed by atoms with Crippen LogP contribution in [0.3, 0.4) is 0 Å². The number of hydrogen-bond donors (Lipinski definition) is 1. The highest BCUT2D eigenvalue weighted by molar-refractivity contribution is 7.80. The van der Waals surface area contributed by atoms with Gasteiger partial charge in [0.25, 0.3) is 0 Å². The maximum atomic E-state index is 5.52. The van der Waals surface area contributed by atoms with E-state index in [1.807, 2.05) is 6.92 Å². The number of hydrogen-bond acceptors (Lipinski definition) is 2. The Morgan fingerprint density at radius 1 is 1.25 bits per heavy atom. The monoisotopic (exact) mass is 238 g/mol. The highest BCUT2D eigenvalue weighted by Gasteiger charge is 2.07. The van der Waals surface area contributed by atoms with Crippen molar-refractivity contribution < 1.29 is 4.74 Å². The Bertz CT molecular complexity index is 323. The van der Waals surface area contributed by atoms with Gasteiger partial charge in [-0.2, -0.15) is 12.6 Å². The fourth-order valence-electron chi connectivity index (χ4n) is 1.83. The van der Waals surface area contributed by atoms with E-state index in [9.17, 15) is 0 Å². The van der Waals surface area contributed by atoms with E-state index in [4.69, 9.17) is 4.74 Å². The lowest BCUT2D eigenvalue weighted by atomic mass is 9.96. The molecule has 0 amide bonds. The molecule has 0 radical (unpaired) electrons. The molecule has 16 heavy (non-hydrogen) atoms. The summed E-state index contributed by atoms with van der Waals surface area (Å²) in [6.45, 7) is 7.18. The van der Waals surface area contributed by atoms with Gasteiger partial charge in [-0.05, 0) is 54.7 Å². The smallest absolute Gasteiger partial charge is 0.119 e. The summed E-state index contributed by atoms with van der Waals surface area (Å²) in [5.74, 6) is 2.56. The van der Waals surface area contributed by atoms with Crippen LogP contribution in [0, 0.1) is 5.92 Å². The fraction of sp³-hybridized carbons (Fsp3) is 0.571. The highest BCUT2D eigenvalue weighted by atomic mass is 32.1. The number of rotatable bonds is 6. The molecule has 0 N–H and O–H groups in total. The van der Waals surface area contributed by atoms with Crippen molar-refractivity contribution in [3.63, 3.8) is 0 Å². The number of benzene rings is 1. The molecular weight excluding hydrogens is 216 g/mol. The minimum absolute atomic E-state index is 0.631. The van der Waals surface area contributed by atoms with Gasteiger partial charge in [-0.3, -0.25) is 0 Å². The van der Waals surface area contributed by atoms with Gasteiger partial charge in [0.05, 0.1) is 6.61 Å². The van der Waals surface area contributed by atoms with Crippen LogP contribution in [-0.2, 0) is 12.8 Å². The molecule has 90 valence electrons. The molecule has 2 heteroatoms. The molecule has 1 nitrogen and oxygen atoms in total. The lowest BCUT2D eigenvalue weighted by molar-refractivity contribution is 0.339. The van der Waals surface area contributed by atoms with Crippen molar-refractivity contribution in [2.24, 2.45) is 5.92 Å². The molecule has 1 unspecified atom stereocenters. The molecule has 0 aliphatic rings. The second-order valence-electron chi connectivity index (χ2n) is 4.21. The average Bonchev–Trinajstić information content (AvgIpc) is 2.31. The summed E-state index contributed by atoms with van der Waals surface area (Å²) in [6, 6.07) is 6.44. The largest absolute Gasteiger partial charge is 0.494 e. The molecule has 0 aliphatic heterocycles. The van der Waals surface area contributed by atoms with E-state index >= 15 is 0 Å². The minimum Gasteiger partial charge on any atom is -0.494 e. The number of thiol groups is 1. The van der Waals surface area contributed by atoms with Gasteiger partial charge < -0.3 is 4.74 Å². The van der Waals surface area contributed by atoms with Crippen LogP contribution in [0.2, 0.25) is 0 Å². The number of aryl methyl sites for hydroxylation is 1. The van der Waals surface area contributed by atoms with Crippen LogP contribution >= 0.6 is 12.6 Å². The zero-order chi connectivity index (χ0) is 12.0. The molecule has 1 atom stereocenters. The molecule has 1 rings (SSSR count). The second-order valence-corrected chi connectivity index (χ2v) is 4.57. The van der Waals surface area contributed by atoms with Crippen LogP contribution < -0.4 is 4.74 Å². The summed E-state index contributed by atoms with van der Waals surface area (Å²) in [4.78, 5) is 0. The lowest BCUT2D eigenvalue weighted by Crippen LogP contribution is -2.04. The quantitative estimate of drug-likeness (QED) is 0.743. The Hall–Kier alpha value is -0.630. The predicted molar refractivity (Wildman–Crippen MR) is 73.7 cm³/mol. The van der Waals surface area contributed by atoms with Crippen molar-refractivity contribution in [1.29, 1.82) is 0 Å². The normalized spacial score (nSPS) is 12.5. The fourth-order valence-corrected chi connectivity index (χ4v) is 1.96. The Kier molecular flexibility index (Phi) is 5.75. The first-order valence-corrected chi connectivity index (χ1v) is 6.69. The molecule has 0 bridgehead atoms. The van der Waals surface area contributed by atoms with Gasteiger partial charge in [0.15, 0.2) is 0 Å². The standard InChI is InChI=1S/C14H22OS/c1-4-12-9-14(15-5-2)7-6-13(12)8-11(3)10-16/h6-7,9,11,16H,4-5,8,10H2,1-3H3. The van der Waals surface area contributed by atoms with Gasteiger partial charge in [-0.1, -0.05) is 19.9 Å². The van der Waals surface area contributed by atoms with Crippen molar-refractivity contribution in [1.82, 2.24) is 0 Å². The van der Waals surface area contributed by atoms with Crippen molar-refractivity contribution in [2.75, 3.05) is 12.4 Å². The van der Waals surface area contributed by atoms with Crippen LogP contribution in [0.25, 0.3) is 0 Å². The molecule has 0 saturated heterocycles. The summed E-state index contributed by atoms with van der Waals surface area (Å²) in [5.41, 5.74) is 2.84. The summed E-state index contributed by atoms with van der Waals surface area (Å²) in [7, 11) is 0. The van der Waals surface area contributed by atoms with Crippen LogP contribution in [0.5, 0.6) is 5.75 Å². The van der Waals surface area contributed by atoms with Crippen molar-refractivity contribution in [3.8, 4) is 5.75 Å². The zero-order valence-electron chi connectivity index (χ0n) is 10.5. The van der Waals surface area contributed by atoms with E-state index in [0.29, 0.717) is 5.92 Å². The molecule has 0 heterocycles. The Morgan fingerprint density at radius 2 is 2.00 bits per heavy atom. The minimum atomic E-state index is 0.631. The lowest BCUT2D eigenvalue weighted by Gasteiger charge is -2.13. The van der Waals surface area contributed by atoms with Crippen molar-refractivity contribution >= 4 is 12.6 Å². The third-order valence-electron chi connectivity index (χ3n) is 2.75. The maximum absolute atomic E-state index is 5.52. The molecule has 0 spiro atoms. The van der Waals surface area contributed by atoms with Crippen molar-refractivity contribution in [2.45, 2.75) is 33.6 Å². The topological polar surface area (TPSA) is 9.23 Å². The number of ether oxygens (including phenoxy) is 1. The van der Waals surface area contributed by atoms with Gasteiger partial charge in [-0.15, -0.1) is 0 Å². The maximum Gasteiger partial charge on any atom is 0.119 e. The van der Waals surface area contributed by atoms with E-state index in [-0.39, 0.29) is 0 Å². The van der Waals surface area contributed by atoms with Gasteiger partial charge in [-0.25, -0.2) is 0 Å². The average molecular weight is 238 g/mol. The highest BCUT2D eigenvalue weighted by Crippen LogP contribution is 2.21. The molecule has 1 aromatic rings. The SMILES string of the molecule is CCOc1ccc(CC(C)CS)c(CC)c1. The summed E-state index contributed by atoms with van der Waals surface area (Å²) in [5, 5.41) is 0. The molecule has 0 saturated carbocycles. The van der Waals surface area contributed by atoms with Gasteiger partial charge in [0.1, 0.15) is 5.75 Å². The van der Waals surface area contributed by atoms with Crippen LogP contribution in [0.15, 0.2) is 18.2 Å². The Morgan fingerprint density at radius 3 is 2.56 bits per heavy atom. The molecule has 1 aromatic carbocycles. The second kappa shape index (κ2) is 6.85. The molecule has 0 aliphatic carbocycles. The van der Waals surface area contributed by atoms with Crippen LogP contribution in [0.4, 0.5) is 0 Å². The van der Waals surface area contributed by atoms with Gasteiger partial charge >= 0.3 is 0 Å². The third kappa shape index (κ3) is 3.75. The molecular formula is C14H22OS. The zero-order valence-corrected chi connectivity index (χ0v) is 11.4. The molecule has 0 fully saturated rings. The van der Waals surface area contributed by atoms with E-state index in [1.165, 1.54) is 11.1 Å². The Balaban J connectivity index is 2.84. The summed E-state index contributed by atoms with van der Waals surface area (Å²) < 4.78 is 5.52. The summed E-state index contributed by atoms with van der Waals surface area (Å²) >= 11 is 4.34. The van der Waals surface area contributed by atoms with E-state index in [0.717, 1.165) is 31.0 Å². The first-order valence-electron chi connectivity index (χ1n) is 6.06. The van der Waals surface area contributed by atoms with Gasteiger partial charge in [0, 0.05) is 0 Å². The van der Waals surface area contributed by atoms with Crippen LogP contribution in [0.1, 0.15) is 31.9 Å². The van der Waals surface area contributed by atoms with E-state index in [1.54, 1.807) is 0 Å². The van der Waals surface area contributed by atoms with Gasteiger partial charge in [0.2, 0.25) is 0 Å².